The monoisotopic (exact) mass is 385 g/mol. The maximum Gasteiger partial charge on any atom is 0.244 e. The number of aromatic nitrogens is 1. The number of pyridine rings is 1. The molecule has 0 aliphatic carbocycles. The molecule has 0 unspecified atom stereocenters. The van der Waals surface area contributed by atoms with Gasteiger partial charge in [0.05, 0.1) is 17.7 Å². The smallest absolute Gasteiger partial charge is 0.244 e. The molecule has 2 amide bonds. The number of nitrogens with zero attached hydrogens (tertiary/aromatic N) is 1. The van der Waals surface area contributed by atoms with Crippen molar-refractivity contribution >= 4 is 34.5 Å². The minimum atomic E-state index is -1.69. The Balaban J connectivity index is 1.59. The molecule has 0 fully saturated rings. The zero-order valence-corrected chi connectivity index (χ0v) is 14.4. The standard InChI is InChI=1S/C20H14F3N3O2/c21-14-7-8-15(19(23)18(14)22)26-17(28)11-25-16(27)9-6-13-4-1-3-12-5-2-10-24-20(12)13/h1-10H,11H2,(H,25,27)(H,26,28)/b9-6+. The van der Waals surface area contributed by atoms with Gasteiger partial charge in [0.15, 0.2) is 17.5 Å². The molecule has 5 nitrogen and oxygen atoms in total. The Bertz CT molecular complexity index is 1080. The van der Waals surface area contributed by atoms with Crippen molar-refractivity contribution in [2.45, 2.75) is 0 Å². The van der Waals surface area contributed by atoms with Crippen molar-refractivity contribution in [3.8, 4) is 0 Å². The molecule has 0 radical (unpaired) electrons. The number of anilines is 1. The number of carbonyl (C=O) groups is 2. The van der Waals surface area contributed by atoms with Crippen LogP contribution >= 0.6 is 0 Å². The van der Waals surface area contributed by atoms with Crippen molar-refractivity contribution in [3.05, 3.63) is 77.8 Å². The first-order valence-electron chi connectivity index (χ1n) is 8.18. The van der Waals surface area contributed by atoms with E-state index in [-0.39, 0.29) is 0 Å². The number of nitrogens with one attached hydrogen (secondary N) is 2. The molecule has 8 heteroatoms. The summed E-state index contributed by atoms with van der Waals surface area (Å²) >= 11 is 0. The molecular formula is C20H14F3N3O2. The Morgan fingerprint density at radius 3 is 2.61 bits per heavy atom. The quantitative estimate of drug-likeness (QED) is 0.522. The van der Waals surface area contributed by atoms with Crippen LogP contribution in [-0.2, 0) is 9.59 Å². The Morgan fingerprint density at radius 2 is 1.79 bits per heavy atom. The SMILES string of the molecule is O=C(/C=C/c1cccc2cccnc12)NCC(=O)Nc1ccc(F)c(F)c1F. The highest BCUT2D eigenvalue weighted by Gasteiger charge is 2.15. The Morgan fingerprint density at radius 1 is 1.00 bits per heavy atom. The number of fused-ring (bicyclic) bond motifs is 1. The molecule has 1 aromatic heterocycles. The third-order valence-corrected chi connectivity index (χ3v) is 3.81. The Labute approximate surface area is 157 Å². The zero-order valence-electron chi connectivity index (χ0n) is 14.4. The van der Waals surface area contributed by atoms with Crippen LogP contribution in [0, 0.1) is 17.5 Å². The van der Waals surface area contributed by atoms with Crippen LogP contribution in [0.1, 0.15) is 5.56 Å². The molecule has 0 aliphatic heterocycles. The summed E-state index contributed by atoms with van der Waals surface area (Å²) in [6.07, 6.45) is 4.42. The number of amides is 2. The van der Waals surface area contributed by atoms with E-state index in [1.807, 2.05) is 18.2 Å². The number of halogens is 3. The molecule has 3 rings (SSSR count). The molecule has 0 spiro atoms. The van der Waals surface area contributed by atoms with Gasteiger partial charge in [0, 0.05) is 23.2 Å². The third-order valence-electron chi connectivity index (χ3n) is 3.81. The first-order chi connectivity index (χ1) is 13.5. The van der Waals surface area contributed by atoms with Crippen molar-refractivity contribution in [2.75, 3.05) is 11.9 Å². The largest absolute Gasteiger partial charge is 0.343 e. The van der Waals surface area contributed by atoms with Crippen molar-refractivity contribution in [2.24, 2.45) is 0 Å². The van der Waals surface area contributed by atoms with E-state index >= 15 is 0 Å². The average molecular weight is 385 g/mol. The van der Waals surface area contributed by atoms with Gasteiger partial charge in [-0.3, -0.25) is 14.6 Å². The molecule has 1 heterocycles. The highest BCUT2D eigenvalue weighted by atomic mass is 19.2. The lowest BCUT2D eigenvalue weighted by molar-refractivity contribution is -0.121. The van der Waals surface area contributed by atoms with Gasteiger partial charge < -0.3 is 10.6 Å². The van der Waals surface area contributed by atoms with Gasteiger partial charge in [-0.1, -0.05) is 24.3 Å². The summed E-state index contributed by atoms with van der Waals surface area (Å²) in [6.45, 7) is -0.477. The summed E-state index contributed by atoms with van der Waals surface area (Å²) in [5, 5.41) is 5.29. The second kappa shape index (κ2) is 8.34. The van der Waals surface area contributed by atoms with Crippen LogP contribution in [0.5, 0.6) is 0 Å². The minimum Gasteiger partial charge on any atom is -0.343 e. The number of hydrogen-bond acceptors (Lipinski definition) is 3. The second-order valence-corrected chi connectivity index (χ2v) is 5.74. The highest BCUT2D eigenvalue weighted by molar-refractivity contribution is 5.99. The van der Waals surface area contributed by atoms with E-state index in [4.69, 9.17) is 0 Å². The lowest BCUT2D eigenvalue weighted by Gasteiger charge is -2.07. The predicted octanol–water partition coefficient (Wildman–Crippen LogP) is 3.42. The van der Waals surface area contributed by atoms with Crippen molar-refractivity contribution in [3.63, 3.8) is 0 Å². The molecule has 142 valence electrons. The Kier molecular flexibility index (Phi) is 5.69. The predicted molar refractivity (Wildman–Crippen MR) is 98.7 cm³/mol. The lowest BCUT2D eigenvalue weighted by Crippen LogP contribution is -2.32. The van der Waals surface area contributed by atoms with Crippen LogP contribution in [0.2, 0.25) is 0 Å². The molecule has 3 aromatic rings. The van der Waals surface area contributed by atoms with Crippen molar-refractivity contribution < 1.29 is 22.8 Å². The van der Waals surface area contributed by atoms with Crippen LogP contribution in [-0.4, -0.2) is 23.3 Å². The van der Waals surface area contributed by atoms with Gasteiger partial charge in [-0.15, -0.1) is 0 Å². The summed E-state index contributed by atoms with van der Waals surface area (Å²) in [5.41, 5.74) is 0.928. The summed E-state index contributed by atoms with van der Waals surface area (Å²) in [4.78, 5) is 27.9. The van der Waals surface area contributed by atoms with Gasteiger partial charge in [0.2, 0.25) is 11.8 Å². The van der Waals surface area contributed by atoms with Gasteiger partial charge >= 0.3 is 0 Å². The van der Waals surface area contributed by atoms with Gasteiger partial charge in [-0.05, 0) is 24.3 Å². The molecule has 28 heavy (non-hydrogen) atoms. The summed E-state index contributed by atoms with van der Waals surface area (Å²) in [7, 11) is 0. The number of rotatable bonds is 5. The summed E-state index contributed by atoms with van der Waals surface area (Å²) in [6, 6.07) is 10.8. The molecular weight excluding hydrogens is 371 g/mol. The summed E-state index contributed by atoms with van der Waals surface area (Å²) < 4.78 is 39.5. The molecule has 0 saturated carbocycles. The van der Waals surface area contributed by atoms with Crippen LogP contribution in [0.3, 0.4) is 0 Å². The first-order valence-corrected chi connectivity index (χ1v) is 8.18. The number of hydrogen-bond donors (Lipinski definition) is 2. The molecule has 0 saturated heterocycles. The van der Waals surface area contributed by atoms with Crippen LogP contribution in [0.15, 0.2) is 54.7 Å². The van der Waals surface area contributed by atoms with E-state index < -0.39 is 41.5 Å². The molecule has 2 aromatic carbocycles. The van der Waals surface area contributed by atoms with Gasteiger partial charge in [0.1, 0.15) is 0 Å². The van der Waals surface area contributed by atoms with Crippen molar-refractivity contribution in [1.29, 1.82) is 0 Å². The fourth-order valence-electron chi connectivity index (χ4n) is 2.47. The maximum absolute atomic E-state index is 13.5. The number of para-hydroxylation sites is 1. The Hall–Kier alpha value is -3.68. The van der Waals surface area contributed by atoms with Gasteiger partial charge in [-0.25, -0.2) is 13.2 Å². The third kappa shape index (κ3) is 4.35. The van der Waals surface area contributed by atoms with Gasteiger partial charge in [-0.2, -0.15) is 0 Å². The number of benzene rings is 2. The van der Waals surface area contributed by atoms with E-state index in [9.17, 15) is 22.8 Å². The van der Waals surface area contributed by atoms with Crippen LogP contribution < -0.4 is 10.6 Å². The molecule has 0 aliphatic rings. The maximum atomic E-state index is 13.5. The second-order valence-electron chi connectivity index (χ2n) is 5.74. The van der Waals surface area contributed by atoms with Crippen LogP contribution in [0.4, 0.5) is 18.9 Å². The molecule has 0 bridgehead atoms. The summed E-state index contributed by atoms with van der Waals surface area (Å²) in [5.74, 6) is -5.92. The first kappa shape index (κ1) is 19.1. The lowest BCUT2D eigenvalue weighted by atomic mass is 10.1. The van der Waals surface area contributed by atoms with E-state index in [2.05, 4.69) is 15.6 Å². The highest BCUT2D eigenvalue weighted by Crippen LogP contribution is 2.19. The van der Waals surface area contributed by atoms with Gasteiger partial charge in [0.25, 0.3) is 0 Å². The van der Waals surface area contributed by atoms with E-state index in [1.165, 1.54) is 6.08 Å². The average Bonchev–Trinajstić information content (AvgIpc) is 2.71. The molecule has 2 N–H and O–H groups in total. The molecule has 0 atom stereocenters. The van der Waals surface area contributed by atoms with E-state index in [0.29, 0.717) is 6.07 Å². The van der Waals surface area contributed by atoms with Crippen molar-refractivity contribution in [1.82, 2.24) is 10.3 Å². The number of carbonyl (C=O) groups excluding carboxylic acids is 2. The van der Waals surface area contributed by atoms with E-state index in [0.717, 1.165) is 22.5 Å². The van der Waals surface area contributed by atoms with Crippen LogP contribution in [0.25, 0.3) is 17.0 Å². The zero-order chi connectivity index (χ0) is 20.1. The topological polar surface area (TPSA) is 71.1 Å². The normalized spacial score (nSPS) is 11.0. The van der Waals surface area contributed by atoms with E-state index in [1.54, 1.807) is 24.4 Å². The minimum absolute atomic E-state index is 0.477. The fourth-order valence-corrected chi connectivity index (χ4v) is 2.47. The fraction of sp³-hybridized carbons (Fsp3) is 0.0500.